The number of hydrogen-bond acceptors (Lipinski definition) is 4. The first-order valence-electron chi connectivity index (χ1n) is 10.2. The van der Waals surface area contributed by atoms with E-state index in [4.69, 9.17) is 5.21 Å². The Balaban J connectivity index is 1.49. The lowest BCUT2D eigenvalue weighted by atomic mass is 9.96. The number of fused-ring (bicyclic) bond motifs is 1. The Morgan fingerprint density at radius 3 is 2.90 bits per heavy atom. The fraction of sp³-hybridized carbons (Fsp3) is 0.391. The van der Waals surface area contributed by atoms with Gasteiger partial charge in [-0.3, -0.25) is 10.0 Å². The summed E-state index contributed by atoms with van der Waals surface area (Å²) in [6.45, 7) is 9.05. The molecule has 0 spiro atoms. The van der Waals surface area contributed by atoms with E-state index < -0.39 is 5.91 Å². The standard InChI is InChI=1S/C23H29N5O2/c1-4-22(25-13-17(2)23(29)26-30)28-11-9-18(10-12-28)14-24-15-19-16-27(3)21-8-6-5-7-20(19)21/h4-5,7,13,16,18,24,30H,1,9-12,14-15H2,2-3H3,(H,26,29). The summed E-state index contributed by atoms with van der Waals surface area (Å²) < 4.78 is 2.10. The van der Waals surface area contributed by atoms with Crippen molar-refractivity contribution in [3.05, 3.63) is 60.5 Å². The summed E-state index contributed by atoms with van der Waals surface area (Å²) in [4.78, 5) is 17.9. The highest BCUT2D eigenvalue weighted by Crippen LogP contribution is 2.20. The quantitative estimate of drug-likeness (QED) is 0.217. The van der Waals surface area contributed by atoms with E-state index in [2.05, 4.69) is 50.8 Å². The summed E-state index contributed by atoms with van der Waals surface area (Å²) in [7, 11) is 2.04. The first-order chi connectivity index (χ1) is 14.5. The number of hydrogen-bond donors (Lipinski definition) is 3. The van der Waals surface area contributed by atoms with Crippen molar-refractivity contribution in [2.24, 2.45) is 18.0 Å². The zero-order chi connectivity index (χ0) is 21.5. The predicted octanol–water partition coefficient (Wildman–Crippen LogP) is 2.57. The third-order valence-electron chi connectivity index (χ3n) is 5.55. The third-order valence-corrected chi connectivity index (χ3v) is 5.55. The molecule has 1 amide bonds. The van der Waals surface area contributed by atoms with Crippen molar-refractivity contribution in [1.82, 2.24) is 20.3 Å². The number of amides is 1. The third kappa shape index (κ3) is 5.09. The van der Waals surface area contributed by atoms with Crippen LogP contribution in [0.3, 0.4) is 0 Å². The van der Waals surface area contributed by atoms with Gasteiger partial charge in [0.05, 0.1) is 5.52 Å². The molecule has 0 saturated carbocycles. The zero-order valence-corrected chi connectivity index (χ0v) is 17.6. The summed E-state index contributed by atoms with van der Waals surface area (Å²) in [5, 5.41) is 13.5. The van der Waals surface area contributed by atoms with Crippen LogP contribution in [0.4, 0.5) is 0 Å². The molecule has 0 atom stereocenters. The number of carbonyl (C=O) groups excluding carboxylic acids is 1. The van der Waals surface area contributed by atoms with Crippen LogP contribution in [0.25, 0.3) is 10.9 Å². The van der Waals surface area contributed by atoms with Gasteiger partial charge in [-0.05, 0) is 62.1 Å². The molecule has 0 radical (unpaired) electrons. The summed E-state index contributed by atoms with van der Waals surface area (Å²) in [5.41, 5.74) is 4.31. The molecule has 1 aliphatic rings. The maximum atomic E-state index is 11.4. The molecule has 30 heavy (non-hydrogen) atoms. The van der Waals surface area contributed by atoms with Crippen molar-refractivity contribution in [3.63, 3.8) is 0 Å². The average molecular weight is 408 g/mol. The Kier molecular flexibility index (Phi) is 7.28. The SMILES string of the molecule is C=CC(=NC=C(C)C(=O)NO)N1CCC(CNCc2cn(C)c3c#cccc23)CC1. The molecule has 7 heteroatoms. The van der Waals surface area contributed by atoms with Gasteiger partial charge in [0.2, 0.25) is 0 Å². The van der Waals surface area contributed by atoms with Crippen LogP contribution < -0.4 is 10.8 Å². The maximum absolute atomic E-state index is 11.4. The molecule has 7 nitrogen and oxygen atoms in total. The fourth-order valence-electron chi connectivity index (χ4n) is 3.78. The van der Waals surface area contributed by atoms with Crippen LogP contribution in [-0.2, 0) is 18.4 Å². The van der Waals surface area contributed by atoms with Crippen molar-refractivity contribution >= 4 is 22.6 Å². The highest BCUT2D eigenvalue weighted by Gasteiger charge is 2.20. The van der Waals surface area contributed by atoms with Gasteiger partial charge in [-0.15, -0.1) is 0 Å². The van der Waals surface area contributed by atoms with Crippen molar-refractivity contribution in [2.45, 2.75) is 26.3 Å². The minimum Gasteiger partial charge on any atom is -0.357 e. The molecule has 0 aliphatic carbocycles. The molecule has 1 saturated heterocycles. The van der Waals surface area contributed by atoms with E-state index in [-0.39, 0.29) is 0 Å². The molecule has 3 N–H and O–H groups in total. The van der Waals surface area contributed by atoms with E-state index in [1.54, 1.807) is 18.5 Å². The number of piperidine rings is 1. The highest BCUT2D eigenvalue weighted by atomic mass is 16.5. The van der Waals surface area contributed by atoms with Crippen molar-refractivity contribution in [2.75, 3.05) is 19.6 Å². The summed E-state index contributed by atoms with van der Waals surface area (Å²) in [6.07, 6.45) is 7.45. The van der Waals surface area contributed by atoms with Crippen LogP contribution in [0.5, 0.6) is 0 Å². The summed E-state index contributed by atoms with van der Waals surface area (Å²) in [5.74, 6) is 0.795. The number of aliphatic imine (C=N–C) groups is 1. The summed E-state index contributed by atoms with van der Waals surface area (Å²) >= 11 is 0. The molecule has 3 rings (SSSR count). The highest BCUT2D eigenvalue weighted by molar-refractivity contribution is 5.95. The normalized spacial score (nSPS) is 15.9. The van der Waals surface area contributed by atoms with Crippen LogP contribution >= 0.6 is 0 Å². The second-order valence-electron chi connectivity index (χ2n) is 7.64. The zero-order valence-electron chi connectivity index (χ0n) is 17.6. The van der Waals surface area contributed by atoms with E-state index in [0.717, 1.165) is 50.4 Å². The van der Waals surface area contributed by atoms with Gasteiger partial charge in [0, 0.05) is 50.0 Å². The molecule has 0 bridgehead atoms. The fourth-order valence-corrected chi connectivity index (χ4v) is 3.78. The molecule has 0 unspecified atom stereocenters. The lowest BCUT2D eigenvalue weighted by Crippen LogP contribution is -2.40. The van der Waals surface area contributed by atoms with Gasteiger partial charge < -0.3 is 14.8 Å². The molecule has 158 valence electrons. The first kappa shape index (κ1) is 21.6. The number of hydroxylamine groups is 1. The van der Waals surface area contributed by atoms with Crippen LogP contribution in [0.15, 0.2) is 47.7 Å². The molecule has 1 fully saturated rings. The van der Waals surface area contributed by atoms with E-state index >= 15 is 0 Å². The number of aryl methyl sites for hydroxylation is 1. The smallest absolute Gasteiger partial charge is 0.271 e. The molecule has 1 aliphatic heterocycles. The maximum Gasteiger partial charge on any atom is 0.271 e. The number of aromatic nitrogens is 1. The van der Waals surface area contributed by atoms with Crippen molar-refractivity contribution in [1.29, 1.82) is 0 Å². The minimum atomic E-state index is -0.561. The van der Waals surface area contributed by atoms with Gasteiger partial charge in [0.25, 0.3) is 5.91 Å². The Labute approximate surface area is 177 Å². The Bertz CT molecular complexity index is 952. The van der Waals surface area contributed by atoms with E-state index in [1.165, 1.54) is 17.1 Å². The monoisotopic (exact) mass is 407 g/mol. The number of nitrogens with one attached hydrogen (secondary N) is 2. The van der Waals surface area contributed by atoms with Gasteiger partial charge in [0.1, 0.15) is 5.84 Å². The summed E-state index contributed by atoms with van der Waals surface area (Å²) in [6, 6.07) is 10.2. The lowest BCUT2D eigenvalue weighted by Gasteiger charge is -2.33. The molecule has 2 heterocycles. The van der Waals surface area contributed by atoms with E-state index in [0.29, 0.717) is 11.5 Å². The predicted molar refractivity (Wildman–Crippen MR) is 118 cm³/mol. The van der Waals surface area contributed by atoms with Gasteiger partial charge in [-0.1, -0.05) is 12.6 Å². The Morgan fingerprint density at radius 1 is 1.43 bits per heavy atom. The largest absolute Gasteiger partial charge is 0.357 e. The first-order valence-corrected chi connectivity index (χ1v) is 10.2. The lowest BCUT2D eigenvalue weighted by molar-refractivity contribution is -0.125. The average Bonchev–Trinajstić information content (AvgIpc) is 3.10. The molecular weight excluding hydrogens is 378 g/mol. The number of amidine groups is 1. The van der Waals surface area contributed by atoms with Crippen LogP contribution in [0.1, 0.15) is 25.3 Å². The van der Waals surface area contributed by atoms with Crippen LogP contribution in [-0.4, -0.2) is 46.1 Å². The van der Waals surface area contributed by atoms with Gasteiger partial charge in [-0.25, -0.2) is 10.5 Å². The second kappa shape index (κ2) is 10.1. The molecule has 1 aromatic carbocycles. The molecular formula is C23H29N5O2. The van der Waals surface area contributed by atoms with E-state index in [1.807, 2.05) is 13.1 Å². The van der Waals surface area contributed by atoms with Gasteiger partial charge >= 0.3 is 0 Å². The molecule has 2 aromatic rings. The molecule has 1 aromatic heterocycles. The van der Waals surface area contributed by atoms with Crippen LogP contribution in [0, 0.1) is 18.1 Å². The minimum absolute atomic E-state index is 0.333. The number of likely N-dealkylation sites (tertiary alicyclic amines) is 1. The van der Waals surface area contributed by atoms with Gasteiger partial charge in [0.15, 0.2) is 0 Å². The Morgan fingerprint density at radius 2 is 2.20 bits per heavy atom. The van der Waals surface area contributed by atoms with Crippen molar-refractivity contribution < 1.29 is 10.0 Å². The van der Waals surface area contributed by atoms with Crippen molar-refractivity contribution in [3.8, 4) is 0 Å². The number of carbonyl (C=O) groups is 1. The number of rotatable bonds is 7. The Hall–Kier alpha value is -3.08. The second-order valence-corrected chi connectivity index (χ2v) is 7.64. The number of nitrogens with zero attached hydrogens (tertiary/aromatic N) is 3. The topological polar surface area (TPSA) is 81.9 Å². The van der Waals surface area contributed by atoms with Crippen LogP contribution in [0.2, 0.25) is 0 Å². The van der Waals surface area contributed by atoms with Gasteiger partial charge in [-0.2, -0.15) is 0 Å². The van der Waals surface area contributed by atoms with E-state index in [9.17, 15) is 4.79 Å².